The number of hydrogen-bond acceptors (Lipinski definition) is 1. The van der Waals surface area contributed by atoms with E-state index in [4.69, 9.17) is 0 Å². The zero-order chi connectivity index (χ0) is 6.28. The Morgan fingerprint density at radius 1 is 1.43 bits per heavy atom. The van der Waals surface area contributed by atoms with E-state index in [0.29, 0.717) is 0 Å². The second-order valence-electron chi connectivity index (χ2n) is 0.813. The van der Waals surface area contributed by atoms with Crippen LogP contribution in [0.25, 0.3) is 0 Å². The molecule has 0 aliphatic carbocycles. The average Bonchev–Trinajstić information content (AvgIpc) is 1.33. The topological polar surface area (TPSA) is 17.1 Å². The zero-order valence-corrected chi connectivity index (χ0v) is 13.1. The fraction of sp³-hybridized carbons (Fsp3) is 1.00. The molecule has 0 unspecified atom stereocenters. The predicted molar refractivity (Wildman–Crippen MR) is 53.8 cm³/mol. The van der Waals surface area contributed by atoms with Gasteiger partial charge in [-0.15, -0.1) is 0 Å². The summed E-state index contributed by atoms with van der Waals surface area (Å²) >= 11 is 4.96. The van der Waals surface area contributed by atoms with E-state index in [1.807, 2.05) is 0 Å². The quantitative estimate of drug-likeness (QED) is 0.336. The summed E-state index contributed by atoms with van der Waals surface area (Å²) in [6, 6.07) is 0. The van der Waals surface area contributed by atoms with Crippen molar-refractivity contribution in [1.29, 1.82) is 0 Å². The van der Waals surface area contributed by atoms with E-state index in [9.17, 15) is 4.21 Å². The van der Waals surface area contributed by atoms with Crippen molar-refractivity contribution in [2.24, 2.45) is 0 Å². The number of rotatable bonds is 0. The van der Waals surface area contributed by atoms with Gasteiger partial charge in [-0.25, -0.2) is 0 Å². The molecule has 0 N–H and O–H groups in total. The molecule has 0 aliphatic heterocycles. The normalized spacial score (nSPS) is 7.57. The Kier molecular flexibility index (Phi) is 19.8. The van der Waals surface area contributed by atoms with Gasteiger partial charge in [0, 0.05) is 23.3 Å². The van der Waals surface area contributed by atoms with Crippen molar-refractivity contribution in [3.05, 3.63) is 0 Å². The zero-order valence-electron chi connectivity index (χ0n) is 4.07. The summed E-state index contributed by atoms with van der Waals surface area (Å²) in [5.74, 6) is 0. The third-order valence-corrected chi connectivity index (χ3v) is 0. The third kappa shape index (κ3) is 56.8. The van der Waals surface area contributed by atoms with Gasteiger partial charge in [-0.3, -0.25) is 4.21 Å². The Morgan fingerprint density at radius 3 is 1.43 bits per heavy atom. The third-order valence-electron chi connectivity index (χ3n) is 0. The van der Waals surface area contributed by atoms with Crippen LogP contribution in [0.5, 0.6) is 0 Å². The van der Waals surface area contributed by atoms with Crippen molar-refractivity contribution in [2.45, 2.75) is 0 Å². The summed E-state index contributed by atoms with van der Waals surface area (Å²) in [6.07, 6.45) is 3.28. The molecular formula is C2H6I2OPbS. The molecule has 0 aliphatic rings. The predicted octanol–water partition coefficient (Wildman–Crippen LogP) is 1.39. The Hall–Kier alpha value is 2.53. The summed E-state index contributed by atoms with van der Waals surface area (Å²) in [4.78, 5) is 0. The Balaban J connectivity index is 0. The van der Waals surface area contributed by atoms with Gasteiger partial charge in [0.2, 0.25) is 0 Å². The summed E-state index contributed by atoms with van der Waals surface area (Å²) < 4.78 is 9.56. The average molecular weight is 539 g/mol. The van der Waals surface area contributed by atoms with Crippen molar-refractivity contribution in [1.82, 2.24) is 0 Å². The second-order valence-corrected chi connectivity index (χ2v) is 30.4. The maximum atomic E-state index is 9.56. The molecule has 2 radical (unpaired) electrons. The van der Waals surface area contributed by atoms with Gasteiger partial charge in [-0.1, -0.05) is 0 Å². The molecule has 5 heteroatoms. The van der Waals surface area contributed by atoms with Gasteiger partial charge < -0.3 is 0 Å². The van der Waals surface area contributed by atoms with Gasteiger partial charge in [0.15, 0.2) is 0 Å². The minimum atomic E-state index is -0.611. The van der Waals surface area contributed by atoms with E-state index >= 15 is 0 Å². The fourth-order valence-corrected chi connectivity index (χ4v) is 0. The van der Waals surface area contributed by atoms with Crippen LogP contribution in [0.3, 0.4) is 0 Å². The van der Waals surface area contributed by atoms with Crippen molar-refractivity contribution in [2.75, 3.05) is 12.5 Å². The van der Waals surface area contributed by atoms with Gasteiger partial charge in [0.1, 0.15) is 0 Å². The van der Waals surface area contributed by atoms with Gasteiger partial charge >= 0.3 is 51.2 Å². The van der Waals surface area contributed by atoms with Crippen LogP contribution in [0, 0.1) is 0 Å². The van der Waals surface area contributed by atoms with Crippen molar-refractivity contribution in [3.63, 3.8) is 0 Å². The van der Waals surface area contributed by atoms with Crippen molar-refractivity contribution in [3.8, 4) is 0 Å². The van der Waals surface area contributed by atoms with E-state index in [0.717, 1.165) is 0 Å². The molecule has 0 atom stereocenters. The minimum absolute atomic E-state index is 0.0233. The van der Waals surface area contributed by atoms with Crippen LogP contribution in [0.4, 0.5) is 0 Å². The molecule has 1 nitrogen and oxygen atoms in total. The molecule has 0 saturated carbocycles. The van der Waals surface area contributed by atoms with Crippen LogP contribution in [-0.4, -0.2) is 32.4 Å². The molecule has 0 heterocycles. The summed E-state index contributed by atoms with van der Waals surface area (Å²) in [5, 5.41) is 0. The fourth-order valence-electron chi connectivity index (χ4n) is 0. The Morgan fingerprint density at radius 2 is 1.43 bits per heavy atom. The molecule has 0 amide bonds. The van der Waals surface area contributed by atoms with E-state index in [1.165, 1.54) is 0 Å². The molecule has 0 fully saturated rings. The van der Waals surface area contributed by atoms with Gasteiger partial charge in [-0.05, 0) is 0 Å². The molecule has 0 bridgehead atoms. The number of halogens is 2. The van der Waals surface area contributed by atoms with Gasteiger partial charge in [0.25, 0.3) is 0 Å². The molecule has 7 heavy (non-hydrogen) atoms. The molecule has 0 rings (SSSR count). The van der Waals surface area contributed by atoms with Crippen LogP contribution in [0.2, 0.25) is 0 Å². The van der Waals surface area contributed by atoms with Gasteiger partial charge in [0.05, 0.1) is 0 Å². The van der Waals surface area contributed by atoms with Crippen LogP contribution in [-0.2, 0) is 10.8 Å². The molecular weight excluding hydrogens is 533 g/mol. The molecule has 0 aromatic rings. The van der Waals surface area contributed by atoms with E-state index in [1.54, 1.807) is 12.5 Å². The van der Waals surface area contributed by atoms with Crippen molar-refractivity contribution < 1.29 is 4.21 Å². The first-order chi connectivity index (χ1) is 3.15. The molecule has 0 saturated heterocycles. The first-order valence-corrected chi connectivity index (χ1v) is 25.2. The van der Waals surface area contributed by atoms with E-state index < -0.39 is 10.8 Å². The van der Waals surface area contributed by atoms with Crippen molar-refractivity contribution >= 4 is 62.0 Å². The monoisotopic (exact) mass is 540 g/mol. The first kappa shape index (κ1) is 12.2. The van der Waals surface area contributed by atoms with Crippen LogP contribution < -0.4 is 0 Å². The Bertz CT molecular complexity index is 47.0. The van der Waals surface area contributed by atoms with Crippen LogP contribution in [0.1, 0.15) is 0 Å². The molecule has 0 spiro atoms. The molecule has 0 aromatic carbocycles. The SMILES string of the molecule is CS(C)=O.[I][Pb][I]. The molecule has 0 aromatic heterocycles. The number of hydrogen-bond donors (Lipinski definition) is 0. The first-order valence-electron chi connectivity index (χ1n) is 1.36. The summed E-state index contributed by atoms with van der Waals surface area (Å²) in [7, 11) is -0.611. The molecule has 44 valence electrons. The Labute approximate surface area is 77.0 Å². The summed E-state index contributed by atoms with van der Waals surface area (Å²) in [5.41, 5.74) is 0. The van der Waals surface area contributed by atoms with Crippen LogP contribution in [0.15, 0.2) is 0 Å². The van der Waals surface area contributed by atoms with E-state index in [2.05, 4.69) is 35.5 Å². The standard InChI is InChI=1S/C2H6OS.2HI.Pb/c1-4(2)3;;;/h1-2H3;2*1H;/q;;;+2/p-2. The maximum absolute atomic E-state index is 9.56. The van der Waals surface area contributed by atoms with Gasteiger partial charge in [-0.2, -0.15) is 0 Å². The summed E-state index contributed by atoms with van der Waals surface area (Å²) in [6.45, 7) is 0. The second kappa shape index (κ2) is 11.3. The van der Waals surface area contributed by atoms with Crippen LogP contribution >= 0.6 is 35.5 Å². The van der Waals surface area contributed by atoms with E-state index in [-0.39, 0.29) is 15.6 Å².